The molecule has 1 aliphatic rings. The summed E-state index contributed by atoms with van der Waals surface area (Å²) in [5.74, 6) is 5.27. The van der Waals surface area contributed by atoms with Crippen LogP contribution in [0.3, 0.4) is 0 Å². The first-order valence-electron chi connectivity index (χ1n) is 7.56. The van der Waals surface area contributed by atoms with E-state index in [1.54, 1.807) is 16.2 Å². The molecule has 1 saturated heterocycles. The largest absolute Gasteiger partial charge is 0.330 e. The zero-order valence-corrected chi connectivity index (χ0v) is 15.1. The maximum atomic E-state index is 12.1. The van der Waals surface area contributed by atoms with Crippen LogP contribution in [0.25, 0.3) is 0 Å². The minimum Gasteiger partial charge on any atom is -0.330 e. The maximum absolute atomic E-state index is 12.1. The van der Waals surface area contributed by atoms with Crippen molar-refractivity contribution in [3.05, 3.63) is 17.0 Å². The second-order valence-corrected chi connectivity index (χ2v) is 7.80. The molecule has 0 spiro atoms. The molecule has 0 aromatic carbocycles. The molecular weight excluding hydrogens is 310 g/mol. The smallest absolute Gasteiger partial charge is 0.298 e. The van der Waals surface area contributed by atoms with Gasteiger partial charge >= 0.3 is 0 Å². The number of nitrogens with zero attached hydrogens (tertiary/aromatic N) is 2. The molecule has 5 nitrogen and oxygen atoms in total. The SMILES string of the molecule is Cc1ccc(NC(=O)C2CN(C(=O)C#CC(C)(C)N(C)C)C2)s1. The summed E-state index contributed by atoms with van der Waals surface area (Å²) < 4.78 is 0. The van der Waals surface area contributed by atoms with E-state index in [2.05, 4.69) is 17.2 Å². The van der Waals surface area contributed by atoms with Gasteiger partial charge in [0.1, 0.15) is 0 Å². The molecule has 2 rings (SSSR count). The zero-order chi connectivity index (χ0) is 17.2. The summed E-state index contributed by atoms with van der Waals surface area (Å²) in [7, 11) is 3.85. The first kappa shape index (κ1) is 17.5. The van der Waals surface area contributed by atoms with Gasteiger partial charge in [0.2, 0.25) is 5.91 Å². The van der Waals surface area contributed by atoms with E-state index in [1.807, 2.05) is 51.9 Å². The van der Waals surface area contributed by atoms with Gasteiger partial charge in [0.05, 0.1) is 16.5 Å². The van der Waals surface area contributed by atoms with Crippen molar-refractivity contribution >= 4 is 28.2 Å². The van der Waals surface area contributed by atoms with Crippen LogP contribution in [0.1, 0.15) is 18.7 Å². The van der Waals surface area contributed by atoms with Crippen molar-refractivity contribution in [2.24, 2.45) is 5.92 Å². The van der Waals surface area contributed by atoms with Crippen LogP contribution in [0.15, 0.2) is 12.1 Å². The van der Waals surface area contributed by atoms with Crippen LogP contribution in [-0.4, -0.2) is 54.3 Å². The molecule has 1 aromatic heterocycles. The number of hydrogen-bond donors (Lipinski definition) is 1. The summed E-state index contributed by atoms with van der Waals surface area (Å²) in [5.41, 5.74) is -0.353. The van der Waals surface area contributed by atoms with E-state index in [9.17, 15) is 9.59 Å². The molecule has 2 heterocycles. The average molecular weight is 333 g/mol. The van der Waals surface area contributed by atoms with Crippen molar-refractivity contribution in [3.63, 3.8) is 0 Å². The Morgan fingerprint density at radius 2 is 2.00 bits per heavy atom. The van der Waals surface area contributed by atoms with E-state index >= 15 is 0 Å². The molecule has 0 saturated carbocycles. The van der Waals surface area contributed by atoms with Crippen LogP contribution in [0.2, 0.25) is 0 Å². The van der Waals surface area contributed by atoms with Crippen molar-refractivity contribution in [2.75, 3.05) is 32.5 Å². The lowest BCUT2D eigenvalue weighted by Gasteiger charge is -2.36. The minimum absolute atomic E-state index is 0.0301. The molecule has 0 atom stereocenters. The van der Waals surface area contributed by atoms with E-state index in [4.69, 9.17) is 0 Å². The highest BCUT2D eigenvalue weighted by atomic mass is 32.1. The number of thiophene rings is 1. The van der Waals surface area contributed by atoms with Gasteiger partial charge in [-0.2, -0.15) is 0 Å². The Labute approximate surface area is 141 Å². The molecule has 0 bridgehead atoms. The molecule has 23 heavy (non-hydrogen) atoms. The molecule has 1 fully saturated rings. The van der Waals surface area contributed by atoms with Crippen LogP contribution >= 0.6 is 11.3 Å². The second kappa shape index (κ2) is 6.73. The van der Waals surface area contributed by atoms with Crippen LogP contribution < -0.4 is 5.32 Å². The Hall–Kier alpha value is -1.84. The van der Waals surface area contributed by atoms with E-state index in [1.165, 1.54) is 0 Å². The second-order valence-electron chi connectivity index (χ2n) is 6.51. The van der Waals surface area contributed by atoms with Crippen LogP contribution in [0, 0.1) is 24.7 Å². The van der Waals surface area contributed by atoms with Crippen molar-refractivity contribution in [3.8, 4) is 11.8 Å². The van der Waals surface area contributed by atoms with Crippen molar-refractivity contribution in [1.29, 1.82) is 0 Å². The number of rotatable bonds is 3. The topological polar surface area (TPSA) is 52.7 Å². The van der Waals surface area contributed by atoms with Gasteiger partial charge in [-0.25, -0.2) is 0 Å². The van der Waals surface area contributed by atoms with E-state index in [-0.39, 0.29) is 23.3 Å². The predicted octanol–water partition coefficient (Wildman–Crippen LogP) is 1.80. The highest BCUT2D eigenvalue weighted by molar-refractivity contribution is 7.16. The molecule has 1 aliphatic heterocycles. The standard InChI is InChI=1S/C17H23N3O2S/c1-12-6-7-14(23-12)18-16(22)13-10-20(11-13)15(21)8-9-17(2,3)19(4)5/h6-7,13H,10-11H2,1-5H3,(H,18,22). The lowest BCUT2D eigenvalue weighted by molar-refractivity contribution is -0.136. The Kier molecular flexibility index (Phi) is 5.12. The predicted molar refractivity (Wildman–Crippen MR) is 93.3 cm³/mol. The number of likely N-dealkylation sites (tertiary alicyclic amines) is 1. The quantitative estimate of drug-likeness (QED) is 0.858. The number of carbonyl (C=O) groups excluding carboxylic acids is 2. The summed E-state index contributed by atoms with van der Waals surface area (Å²) >= 11 is 1.55. The third-order valence-electron chi connectivity index (χ3n) is 4.12. The van der Waals surface area contributed by atoms with Crippen molar-refractivity contribution in [1.82, 2.24) is 9.80 Å². The molecule has 2 amide bonds. The first-order valence-corrected chi connectivity index (χ1v) is 8.37. The monoisotopic (exact) mass is 333 g/mol. The third kappa shape index (κ3) is 4.34. The lowest BCUT2D eigenvalue weighted by atomic mass is 9.99. The fraction of sp³-hybridized carbons (Fsp3) is 0.529. The van der Waals surface area contributed by atoms with Gasteiger partial charge < -0.3 is 10.2 Å². The van der Waals surface area contributed by atoms with Gasteiger partial charge in [-0.3, -0.25) is 14.5 Å². The fourth-order valence-corrected chi connectivity index (χ4v) is 2.70. The van der Waals surface area contributed by atoms with E-state index in [0.29, 0.717) is 13.1 Å². The molecule has 6 heteroatoms. The van der Waals surface area contributed by atoms with Gasteiger partial charge in [0, 0.05) is 18.0 Å². The molecular formula is C17H23N3O2S. The number of carbonyl (C=O) groups is 2. The Bertz CT molecular complexity index is 661. The van der Waals surface area contributed by atoms with E-state index < -0.39 is 0 Å². The number of aryl methyl sites for hydroxylation is 1. The summed E-state index contributed by atoms with van der Waals surface area (Å²) in [6.45, 7) is 6.79. The van der Waals surface area contributed by atoms with Crippen LogP contribution in [0.4, 0.5) is 5.00 Å². The van der Waals surface area contributed by atoms with E-state index in [0.717, 1.165) is 9.88 Å². The maximum Gasteiger partial charge on any atom is 0.298 e. The molecule has 1 aromatic rings. The highest BCUT2D eigenvalue weighted by Crippen LogP contribution is 2.23. The highest BCUT2D eigenvalue weighted by Gasteiger charge is 2.35. The molecule has 1 N–H and O–H groups in total. The number of amides is 2. The van der Waals surface area contributed by atoms with Crippen molar-refractivity contribution < 1.29 is 9.59 Å². The Balaban J connectivity index is 1.83. The third-order valence-corrected chi connectivity index (χ3v) is 5.04. The summed E-state index contributed by atoms with van der Waals surface area (Å²) in [6, 6.07) is 3.87. The zero-order valence-electron chi connectivity index (χ0n) is 14.3. The Morgan fingerprint density at radius 3 is 2.52 bits per heavy atom. The van der Waals surface area contributed by atoms with Crippen LogP contribution in [0.5, 0.6) is 0 Å². The van der Waals surface area contributed by atoms with Gasteiger partial charge in [-0.1, -0.05) is 5.92 Å². The summed E-state index contributed by atoms with van der Waals surface area (Å²) in [4.78, 5) is 28.9. The first-order chi connectivity index (χ1) is 10.7. The number of nitrogens with one attached hydrogen (secondary N) is 1. The fourth-order valence-electron chi connectivity index (χ4n) is 1.93. The van der Waals surface area contributed by atoms with Crippen molar-refractivity contribution in [2.45, 2.75) is 26.3 Å². The average Bonchev–Trinajstić information content (AvgIpc) is 2.80. The normalized spacial score (nSPS) is 15.0. The van der Waals surface area contributed by atoms with Crippen LogP contribution in [-0.2, 0) is 9.59 Å². The van der Waals surface area contributed by atoms with Gasteiger partial charge in [-0.15, -0.1) is 11.3 Å². The van der Waals surface area contributed by atoms with Gasteiger partial charge in [0.25, 0.3) is 5.91 Å². The Morgan fingerprint density at radius 1 is 1.35 bits per heavy atom. The molecule has 0 aliphatic carbocycles. The lowest BCUT2D eigenvalue weighted by Crippen LogP contribution is -2.54. The van der Waals surface area contributed by atoms with Gasteiger partial charge in [-0.05, 0) is 52.9 Å². The molecule has 124 valence electrons. The summed E-state index contributed by atoms with van der Waals surface area (Å²) in [5, 5.41) is 3.75. The molecule has 0 unspecified atom stereocenters. The van der Waals surface area contributed by atoms with Gasteiger partial charge in [0.15, 0.2) is 0 Å². The number of hydrogen-bond acceptors (Lipinski definition) is 4. The summed E-state index contributed by atoms with van der Waals surface area (Å²) in [6.07, 6.45) is 0. The molecule has 0 radical (unpaired) electrons. The minimum atomic E-state index is -0.353. The number of anilines is 1.